The van der Waals surface area contributed by atoms with Crippen LogP contribution in [0.15, 0.2) is 24.5 Å². The quantitative estimate of drug-likeness (QED) is 0.825. The van der Waals surface area contributed by atoms with Crippen molar-refractivity contribution in [3.05, 3.63) is 40.0 Å². The van der Waals surface area contributed by atoms with Crippen LogP contribution >= 0.6 is 11.3 Å². The van der Waals surface area contributed by atoms with E-state index in [4.69, 9.17) is 0 Å². The molecule has 6 heteroatoms. The van der Waals surface area contributed by atoms with E-state index >= 15 is 0 Å². The molecule has 5 nitrogen and oxygen atoms in total. The number of amides is 1. The van der Waals surface area contributed by atoms with E-state index in [9.17, 15) is 4.79 Å². The number of carbonyl (C=O) groups is 1. The maximum atomic E-state index is 12.1. The maximum absolute atomic E-state index is 12.1. The molecule has 21 heavy (non-hydrogen) atoms. The van der Waals surface area contributed by atoms with Gasteiger partial charge in [0.1, 0.15) is 10.8 Å². The first kappa shape index (κ1) is 15.4. The van der Waals surface area contributed by atoms with E-state index in [-0.39, 0.29) is 5.91 Å². The molecule has 2 N–H and O–H groups in total. The van der Waals surface area contributed by atoms with Crippen molar-refractivity contribution in [3.8, 4) is 0 Å². The van der Waals surface area contributed by atoms with E-state index in [1.54, 1.807) is 29.7 Å². The van der Waals surface area contributed by atoms with Gasteiger partial charge < -0.3 is 10.6 Å². The summed E-state index contributed by atoms with van der Waals surface area (Å²) in [6.45, 7) is 5.49. The Bertz CT molecular complexity index is 597. The average Bonchev–Trinajstić information content (AvgIpc) is 2.99. The molecule has 0 saturated carbocycles. The zero-order valence-corrected chi connectivity index (χ0v) is 13.2. The highest BCUT2D eigenvalue weighted by atomic mass is 32.1. The molecule has 2 aromatic heterocycles. The van der Waals surface area contributed by atoms with Crippen molar-refractivity contribution >= 4 is 23.1 Å². The standard InChI is InChI=1S/C15H20N4OS/c1-3-6-16-13-8-11(5-7-17-13)15(20)19-10-14-18-9-12(4-2)21-14/h5,7-9H,3-4,6,10H2,1-2H3,(H,16,17)(H,19,20). The molecule has 0 unspecified atom stereocenters. The topological polar surface area (TPSA) is 66.9 Å². The fraction of sp³-hybridized carbons (Fsp3) is 0.400. The van der Waals surface area contributed by atoms with Crippen LogP contribution < -0.4 is 10.6 Å². The molecular formula is C15H20N4OS. The van der Waals surface area contributed by atoms with Crippen molar-refractivity contribution in [1.82, 2.24) is 15.3 Å². The third kappa shape index (κ3) is 4.53. The lowest BCUT2D eigenvalue weighted by Gasteiger charge is -2.06. The fourth-order valence-electron chi connectivity index (χ4n) is 1.77. The molecule has 0 saturated heterocycles. The van der Waals surface area contributed by atoms with Gasteiger partial charge in [0, 0.05) is 29.4 Å². The number of rotatable bonds is 7. The molecule has 0 aliphatic rings. The van der Waals surface area contributed by atoms with Gasteiger partial charge in [-0.2, -0.15) is 0 Å². The van der Waals surface area contributed by atoms with Crippen LogP contribution in [0.4, 0.5) is 5.82 Å². The molecule has 2 aromatic rings. The minimum absolute atomic E-state index is 0.106. The summed E-state index contributed by atoms with van der Waals surface area (Å²) in [5.41, 5.74) is 0.607. The smallest absolute Gasteiger partial charge is 0.251 e. The Morgan fingerprint density at radius 1 is 1.33 bits per heavy atom. The lowest BCUT2D eigenvalue weighted by atomic mass is 10.2. The van der Waals surface area contributed by atoms with E-state index < -0.39 is 0 Å². The van der Waals surface area contributed by atoms with E-state index in [2.05, 4.69) is 34.4 Å². The van der Waals surface area contributed by atoms with Gasteiger partial charge >= 0.3 is 0 Å². The Morgan fingerprint density at radius 2 is 2.19 bits per heavy atom. The molecule has 2 heterocycles. The zero-order chi connectivity index (χ0) is 15.1. The van der Waals surface area contributed by atoms with Crippen LogP contribution in [0.2, 0.25) is 0 Å². The predicted octanol–water partition coefficient (Wildman–Crippen LogP) is 2.85. The van der Waals surface area contributed by atoms with Crippen LogP contribution in [0.3, 0.4) is 0 Å². The largest absolute Gasteiger partial charge is 0.370 e. The first-order chi connectivity index (χ1) is 10.2. The van der Waals surface area contributed by atoms with Crippen LogP contribution in [0, 0.1) is 0 Å². The number of pyridine rings is 1. The molecule has 0 bridgehead atoms. The molecule has 0 fully saturated rings. The number of carbonyl (C=O) groups excluding carboxylic acids is 1. The molecule has 0 atom stereocenters. The summed E-state index contributed by atoms with van der Waals surface area (Å²) < 4.78 is 0. The van der Waals surface area contributed by atoms with Gasteiger partial charge in [0.15, 0.2) is 0 Å². The van der Waals surface area contributed by atoms with Gasteiger partial charge in [-0.3, -0.25) is 4.79 Å². The van der Waals surface area contributed by atoms with Gasteiger partial charge in [-0.05, 0) is 25.0 Å². The predicted molar refractivity (Wildman–Crippen MR) is 85.7 cm³/mol. The number of hydrogen-bond acceptors (Lipinski definition) is 5. The van der Waals surface area contributed by atoms with Crippen LogP contribution in [-0.4, -0.2) is 22.4 Å². The second-order valence-electron chi connectivity index (χ2n) is 4.61. The molecule has 0 aliphatic carbocycles. The minimum Gasteiger partial charge on any atom is -0.370 e. The van der Waals surface area contributed by atoms with Crippen molar-refractivity contribution in [2.75, 3.05) is 11.9 Å². The van der Waals surface area contributed by atoms with E-state index in [1.807, 2.05) is 6.20 Å². The monoisotopic (exact) mass is 304 g/mol. The number of aromatic nitrogens is 2. The van der Waals surface area contributed by atoms with Gasteiger partial charge in [0.2, 0.25) is 0 Å². The second kappa shape index (κ2) is 7.73. The number of aryl methyl sites for hydroxylation is 1. The summed E-state index contributed by atoms with van der Waals surface area (Å²) in [6.07, 6.45) is 5.50. The third-order valence-corrected chi connectivity index (χ3v) is 4.07. The highest BCUT2D eigenvalue weighted by Gasteiger charge is 2.08. The lowest BCUT2D eigenvalue weighted by Crippen LogP contribution is -2.22. The normalized spacial score (nSPS) is 10.4. The van der Waals surface area contributed by atoms with E-state index in [1.165, 1.54) is 4.88 Å². The minimum atomic E-state index is -0.106. The first-order valence-corrected chi connectivity index (χ1v) is 7.96. The van der Waals surface area contributed by atoms with Crippen molar-refractivity contribution in [3.63, 3.8) is 0 Å². The molecule has 0 spiro atoms. The summed E-state index contributed by atoms with van der Waals surface area (Å²) in [7, 11) is 0. The maximum Gasteiger partial charge on any atom is 0.251 e. The van der Waals surface area contributed by atoms with Crippen molar-refractivity contribution < 1.29 is 4.79 Å². The van der Waals surface area contributed by atoms with Gasteiger partial charge in [-0.25, -0.2) is 9.97 Å². The van der Waals surface area contributed by atoms with Gasteiger partial charge in [0.05, 0.1) is 6.54 Å². The van der Waals surface area contributed by atoms with E-state index in [0.29, 0.717) is 12.1 Å². The Morgan fingerprint density at radius 3 is 2.90 bits per heavy atom. The fourth-order valence-corrected chi connectivity index (χ4v) is 2.57. The van der Waals surface area contributed by atoms with Crippen LogP contribution in [0.25, 0.3) is 0 Å². The van der Waals surface area contributed by atoms with Crippen molar-refractivity contribution in [2.45, 2.75) is 33.2 Å². The number of anilines is 1. The van der Waals surface area contributed by atoms with E-state index in [0.717, 1.165) is 30.2 Å². The SMILES string of the molecule is CCCNc1cc(C(=O)NCc2ncc(CC)s2)ccn1. The number of hydrogen-bond donors (Lipinski definition) is 2. The Labute approximate surface area is 128 Å². The Balaban J connectivity index is 1.93. The molecule has 112 valence electrons. The van der Waals surface area contributed by atoms with Crippen LogP contribution in [0.1, 0.15) is 40.5 Å². The van der Waals surface area contributed by atoms with Crippen LogP contribution in [-0.2, 0) is 13.0 Å². The lowest BCUT2D eigenvalue weighted by molar-refractivity contribution is 0.0951. The summed E-state index contributed by atoms with van der Waals surface area (Å²) in [5.74, 6) is 0.622. The highest BCUT2D eigenvalue weighted by molar-refractivity contribution is 7.11. The first-order valence-electron chi connectivity index (χ1n) is 7.14. The average molecular weight is 304 g/mol. The summed E-state index contributed by atoms with van der Waals surface area (Å²) in [4.78, 5) is 21.8. The third-order valence-electron chi connectivity index (χ3n) is 2.93. The van der Waals surface area contributed by atoms with Crippen molar-refractivity contribution in [2.24, 2.45) is 0 Å². The summed E-state index contributed by atoms with van der Waals surface area (Å²) >= 11 is 1.63. The van der Waals surface area contributed by atoms with Crippen molar-refractivity contribution in [1.29, 1.82) is 0 Å². The summed E-state index contributed by atoms with van der Waals surface area (Å²) in [6, 6.07) is 3.48. The summed E-state index contributed by atoms with van der Waals surface area (Å²) in [5, 5.41) is 6.99. The Hall–Kier alpha value is -1.95. The zero-order valence-electron chi connectivity index (χ0n) is 12.3. The Kier molecular flexibility index (Phi) is 5.68. The molecule has 1 amide bonds. The molecule has 2 rings (SSSR count). The van der Waals surface area contributed by atoms with Gasteiger partial charge in [0.25, 0.3) is 5.91 Å². The van der Waals surface area contributed by atoms with Crippen LogP contribution in [0.5, 0.6) is 0 Å². The number of nitrogens with one attached hydrogen (secondary N) is 2. The second-order valence-corrected chi connectivity index (χ2v) is 5.81. The van der Waals surface area contributed by atoms with Gasteiger partial charge in [-0.1, -0.05) is 13.8 Å². The molecule has 0 radical (unpaired) electrons. The van der Waals surface area contributed by atoms with Gasteiger partial charge in [-0.15, -0.1) is 11.3 Å². The molecule has 0 aliphatic heterocycles. The number of nitrogens with zero attached hydrogens (tertiary/aromatic N) is 2. The highest BCUT2D eigenvalue weighted by Crippen LogP contribution is 2.13. The molecule has 0 aromatic carbocycles. The molecular weight excluding hydrogens is 284 g/mol. The number of thiazole rings is 1.